The SMILES string of the molecule is COC(=O)c1ccc(-n2cc(Br)cn2)cc1C(=O)OC. The lowest BCUT2D eigenvalue weighted by atomic mass is 10.1. The maximum absolute atomic E-state index is 11.8. The lowest BCUT2D eigenvalue weighted by Crippen LogP contribution is -2.12. The van der Waals surface area contributed by atoms with Gasteiger partial charge in [-0.15, -0.1) is 0 Å². The number of esters is 2. The number of aromatic nitrogens is 2. The lowest BCUT2D eigenvalue weighted by Gasteiger charge is -2.09. The molecular formula is C13H11BrN2O4. The third kappa shape index (κ3) is 2.72. The molecule has 2 rings (SSSR count). The Hall–Kier alpha value is -2.15. The summed E-state index contributed by atoms with van der Waals surface area (Å²) in [6, 6.07) is 4.69. The first-order chi connectivity index (χ1) is 9.56. The molecule has 20 heavy (non-hydrogen) atoms. The Labute approximate surface area is 123 Å². The molecule has 0 saturated carbocycles. The van der Waals surface area contributed by atoms with Gasteiger partial charge in [0.25, 0.3) is 0 Å². The van der Waals surface area contributed by atoms with Gasteiger partial charge in [0.15, 0.2) is 0 Å². The van der Waals surface area contributed by atoms with Crippen molar-refractivity contribution in [3.05, 3.63) is 46.2 Å². The number of rotatable bonds is 3. The van der Waals surface area contributed by atoms with Gasteiger partial charge in [-0.1, -0.05) is 0 Å². The Kier molecular flexibility index (Phi) is 4.19. The number of ether oxygens (including phenoxy) is 2. The highest BCUT2D eigenvalue weighted by Gasteiger charge is 2.19. The number of hydrogen-bond donors (Lipinski definition) is 0. The molecule has 1 aromatic heterocycles. The normalized spacial score (nSPS) is 10.2. The smallest absolute Gasteiger partial charge is 0.338 e. The topological polar surface area (TPSA) is 70.4 Å². The van der Waals surface area contributed by atoms with Gasteiger partial charge in [0.05, 0.1) is 41.7 Å². The van der Waals surface area contributed by atoms with Gasteiger partial charge in [-0.05, 0) is 34.1 Å². The summed E-state index contributed by atoms with van der Waals surface area (Å²) in [5.41, 5.74) is 0.904. The van der Waals surface area contributed by atoms with Crippen molar-refractivity contribution in [2.24, 2.45) is 0 Å². The van der Waals surface area contributed by atoms with E-state index < -0.39 is 11.9 Å². The molecule has 0 aliphatic heterocycles. The fourth-order valence-corrected chi connectivity index (χ4v) is 1.97. The van der Waals surface area contributed by atoms with E-state index in [0.717, 1.165) is 4.47 Å². The van der Waals surface area contributed by atoms with Gasteiger partial charge in [0, 0.05) is 6.20 Å². The lowest BCUT2D eigenvalue weighted by molar-refractivity contribution is 0.0555. The van der Waals surface area contributed by atoms with Crippen molar-refractivity contribution in [1.29, 1.82) is 0 Å². The van der Waals surface area contributed by atoms with E-state index in [-0.39, 0.29) is 11.1 Å². The number of benzene rings is 1. The molecule has 0 radical (unpaired) electrons. The van der Waals surface area contributed by atoms with E-state index in [1.807, 2.05) is 0 Å². The summed E-state index contributed by atoms with van der Waals surface area (Å²) in [5.74, 6) is -1.21. The minimum absolute atomic E-state index is 0.128. The number of carbonyl (C=O) groups is 2. The van der Waals surface area contributed by atoms with Crippen molar-refractivity contribution in [2.45, 2.75) is 0 Å². The number of carbonyl (C=O) groups excluding carboxylic acids is 2. The van der Waals surface area contributed by atoms with Crippen LogP contribution in [-0.4, -0.2) is 35.9 Å². The van der Waals surface area contributed by atoms with Crippen molar-refractivity contribution in [1.82, 2.24) is 9.78 Å². The molecule has 0 N–H and O–H groups in total. The van der Waals surface area contributed by atoms with Crippen LogP contribution in [0.15, 0.2) is 35.1 Å². The van der Waals surface area contributed by atoms with E-state index in [2.05, 4.69) is 30.5 Å². The van der Waals surface area contributed by atoms with Crippen molar-refractivity contribution >= 4 is 27.9 Å². The average molecular weight is 339 g/mol. The Morgan fingerprint density at radius 2 is 1.80 bits per heavy atom. The number of hydrogen-bond acceptors (Lipinski definition) is 5. The molecule has 0 fully saturated rings. The number of methoxy groups -OCH3 is 2. The molecule has 0 aliphatic rings. The standard InChI is InChI=1S/C13H11BrN2O4/c1-19-12(17)10-4-3-9(5-11(10)13(18)20-2)16-7-8(14)6-15-16/h3-7H,1-2H3. The van der Waals surface area contributed by atoms with Gasteiger partial charge in [-0.2, -0.15) is 5.10 Å². The molecule has 7 heteroatoms. The van der Waals surface area contributed by atoms with Crippen LogP contribution in [0.2, 0.25) is 0 Å². The highest BCUT2D eigenvalue weighted by molar-refractivity contribution is 9.10. The largest absolute Gasteiger partial charge is 0.465 e. The van der Waals surface area contributed by atoms with E-state index in [1.54, 1.807) is 23.1 Å². The van der Waals surface area contributed by atoms with Crippen LogP contribution in [0, 0.1) is 0 Å². The van der Waals surface area contributed by atoms with E-state index in [1.165, 1.54) is 26.4 Å². The fraction of sp³-hybridized carbons (Fsp3) is 0.154. The second kappa shape index (κ2) is 5.87. The van der Waals surface area contributed by atoms with Gasteiger partial charge in [-0.3, -0.25) is 0 Å². The molecule has 0 amide bonds. The quantitative estimate of drug-likeness (QED) is 0.802. The third-order valence-electron chi connectivity index (χ3n) is 2.63. The van der Waals surface area contributed by atoms with Crippen LogP contribution in [-0.2, 0) is 9.47 Å². The number of nitrogens with zero attached hydrogens (tertiary/aromatic N) is 2. The molecule has 0 aliphatic carbocycles. The van der Waals surface area contributed by atoms with Crippen LogP contribution in [0.4, 0.5) is 0 Å². The first-order valence-electron chi connectivity index (χ1n) is 5.58. The zero-order valence-corrected chi connectivity index (χ0v) is 12.4. The van der Waals surface area contributed by atoms with Gasteiger partial charge in [-0.25, -0.2) is 14.3 Å². The fourth-order valence-electron chi connectivity index (χ4n) is 1.68. The van der Waals surface area contributed by atoms with Crippen molar-refractivity contribution in [3.63, 3.8) is 0 Å². The van der Waals surface area contributed by atoms with Crippen molar-refractivity contribution in [3.8, 4) is 5.69 Å². The molecule has 1 heterocycles. The Balaban J connectivity index is 2.53. The Morgan fingerprint density at radius 3 is 2.35 bits per heavy atom. The second-order valence-corrected chi connectivity index (χ2v) is 4.73. The predicted molar refractivity (Wildman–Crippen MR) is 73.9 cm³/mol. The third-order valence-corrected chi connectivity index (χ3v) is 3.04. The minimum atomic E-state index is -0.613. The van der Waals surface area contributed by atoms with Crippen LogP contribution in [0.5, 0.6) is 0 Å². The summed E-state index contributed by atoms with van der Waals surface area (Å²) in [6.45, 7) is 0. The Bertz CT molecular complexity index is 666. The molecular weight excluding hydrogens is 328 g/mol. The second-order valence-electron chi connectivity index (χ2n) is 3.82. The first-order valence-corrected chi connectivity index (χ1v) is 6.37. The van der Waals surface area contributed by atoms with E-state index in [0.29, 0.717) is 5.69 Å². The van der Waals surface area contributed by atoms with Crippen LogP contribution in [0.3, 0.4) is 0 Å². The molecule has 104 valence electrons. The summed E-state index contributed by atoms with van der Waals surface area (Å²) in [7, 11) is 2.50. The molecule has 1 aromatic carbocycles. The van der Waals surface area contributed by atoms with E-state index in [4.69, 9.17) is 0 Å². The van der Waals surface area contributed by atoms with Crippen LogP contribution >= 0.6 is 15.9 Å². The zero-order valence-electron chi connectivity index (χ0n) is 10.8. The maximum atomic E-state index is 11.8. The predicted octanol–water partition coefficient (Wildman–Crippen LogP) is 2.21. The van der Waals surface area contributed by atoms with Crippen molar-refractivity contribution < 1.29 is 19.1 Å². The summed E-state index contributed by atoms with van der Waals surface area (Å²) in [5, 5.41) is 4.11. The monoisotopic (exact) mass is 338 g/mol. The molecule has 0 unspecified atom stereocenters. The van der Waals surface area contributed by atoms with Crippen molar-refractivity contribution in [2.75, 3.05) is 14.2 Å². The molecule has 0 spiro atoms. The van der Waals surface area contributed by atoms with Crippen LogP contribution in [0.25, 0.3) is 5.69 Å². The molecule has 0 bridgehead atoms. The van der Waals surface area contributed by atoms with E-state index in [9.17, 15) is 9.59 Å². The molecule has 2 aromatic rings. The molecule has 0 saturated heterocycles. The van der Waals surface area contributed by atoms with Crippen LogP contribution < -0.4 is 0 Å². The highest BCUT2D eigenvalue weighted by Crippen LogP contribution is 2.18. The first kappa shape index (κ1) is 14.3. The summed E-state index contributed by atoms with van der Waals surface area (Å²) < 4.78 is 11.7. The summed E-state index contributed by atoms with van der Waals surface area (Å²) in [6.07, 6.45) is 3.35. The number of halogens is 1. The van der Waals surface area contributed by atoms with Gasteiger partial charge in [0.1, 0.15) is 0 Å². The Morgan fingerprint density at radius 1 is 1.15 bits per heavy atom. The minimum Gasteiger partial charge on any atom is -0.465 e. The highest BCUT2D eigenvalue weighted by atomic mass is 79.9. The maximum Gasteiger partial charge on any atom is 0.338 e. The van der Waals surface area contributed by atoms with Crippen LogP contribution in [0.1, 0.15) is 20.7 Å². The molecule has 6 nitrogen and oxygen atoms in total. The zero-order chi connectivity index (χ0) is 14.7. The average Bonchev–Trinajstić information content (AvgIpc) is 2.91. The van der Waals surface area contributed by atoms with Gasteiger partial charge in [0.2, 0.25) is 0 Å². The summed E-state index contributed by atoms with van der Waals surface area (Å²) in [4.78, 5) is 23.4. The van der Waals surface area contributed by atoms with Gasteiger partial charge >= 0.3 is 11.9 Å². The molecule has 0 atom stereocenters. The summed E-state index contributed by atoms with van der Waals surface area (Å²) >= 11 is 3.29. The van der Waals surface area contributed by atoms with Gasteiger partial charge < -0.3 is 9.47 Å². The van der Waals surface area contributed by atoms with E-state index >= 15 is 0 Å².